The molecule has 0 saturated heterocycles. The van der Waals surface area contributed by atoms with E-state index in [1.54, 1.807) is 24.3 Å². The van der Waals surface area contributed by atoms with Gasteiger partial charge in [-0.1, -0.05) is 11.6 Å². The fraction of sp³-hybridized carbons (Fsp3) is 0.111. The van der Waals surface area contributed by atoms with Gasteiger partial charge in [-0.15, -0.1) is 0 Å². The third-order valence-electron chi connectivity index (χ3n) is 1.25. The molecule has 0 heterocycles. The summed E-state index contributed by atoms with van der Waals surface area (Å²) in [6, 6.07) is 6.59. The lowest BCUT2D eigenvalue weighted by Gasteiger charge is -2.00. The summed E-state index contributed by atoms with van der Waals surface area (Å²) in [6.45, 7) is 3.40. The number of carbonyl (C=O) groups is 1. The highest BCUT2D eigenvalue weighted by Crippen LogP contribution is 2.15. The molecular formula is C9H8ClO2. The van der Waals surface area contributed by atoms with Crippen molar-refractivity contribution in [1.82, 2.24) is 0 Å². The van der Waals surface area contributed by atoms with E-state index in [4.69, 9.17) is 16.3 Å². The largest absolute Gasteiger partial charge is 0.427 e. The summed E-state index contributed by atoms with van der Waals surface area (Å²) < 4.78 is 4.86. The van der Waals surface area contributed by atoms with E-state index in [0.717, 1.165) is 0 Å². The van der Waals surface area contributed by atoms with Crippen LogP contribution in [0.25, 0.3) is 0 Å². The molecule has 1 radical (unpaired) electrons. The molecule has 0 aliphatic heterocycles. The predicted octanol–water partition coefficient (Wildman–Crippen LogP) is 2.47. The van der Waals surface area contributed by atoms with Gasteiger partial charge in [0.2, 0.25) is 0 Å². The van der Waals surface area contributed by atoms with Crippen LogP contribution in [0.2, 0.25) is 5.02 Å². The quantitative estimate of drug-likeness (QED) is 0.520. The highest BCUT2D eigenvalue weighted by molar-refractivity contribution is 6.30. The van der Waals surface area contributed by atoms with Crippen LogP contribution in [-0.4, -0.2) is 5.97 Å². The molecule has 0 unspecified atom stereocenters. The molecule has 63 valence electrons. The van der Waals surface area contributed by atoms with Crippen molar-refractivity contribution in [3.05, 3.63) is 36.2 Å². The van der Waals surface area contributed by atoms with Crippen molar-refractivity contribution < 1.29 is 9.53 Å². The molecule has 1 aromatic carbocycles. The zero-order valence-electron chi connectivity index (χ0n) is 6.42. The van der Waals surface area contributed by atoms with Crippen LogP contribution in [0.15, 0.2) is 24.3 Å². The molecule has 0 atom stereocenters. The van der Waals surface area contributed by atoms with Crippen LogP contribution in [0.3, 0.4) is 0 Å². The van der Waals surface area contributed by atoms with Gasteiger partial charge in [0.1, 0.15) is 5.75 Å². The first-order chi connectivity index (χ1) is 5.72. The van der Waals surface area contributed by atoms with Crippen molar-refractivity contribution in [1.29, 1.82) is 0 Å². The molecule has 0 bridgehead atoms. The van der Waals surface area contributed by atoms with E-state index in [2.05, 4.69) is 6.92 Å². The SMILES string of the molecule is [CH2]CC(=O)Oc1ccc(Cl)cc1. The Kier molecular flexibility index (Phi) is 3.11. The molecule has 0 amide bonds. The Bertz CT molecular complexity index is 266. The molecule has 0 saturated carbocycles. The number of hydrogen-bond acceptors (Lipinski definition) is 2. The van der Waals surface area contributed by atoms with Gasteiger partial charge in [-0.2, -0.15) is 0 Å². The number of rotatable bonds is 2. The van der Waals surface area contributed by atoms with Gasteiger partial charge in [-0.25, -0.2) is 0 Å². The molecule has 0 N–H and O–H groups in total. The summed E-state index contributed by atoms with van der Waals surface area (Å²) in [7, 11) is 0. The second-order valence-electron chi connectivity index (χ2n) is 2.18. The average molecular weight is 184 g/mol. The van der Waals surface area contributed by atoms with Crippen LogP contribution < -0.4 is 4.74 Å². The van der Waals surface area contributed by atoms with E-state index >= 15 is 0 Å². The average Bonchev–Trinajstić information content (AvgIpc) is 2.09. The molecule has 0 fully saturated rings. The van der Waals surface area contributed by atoms with Gasteiger partial charge in [-0.3, -0.25) is 4.79 Å². The van der Waals surface area contributed by atoms with Crippen LogP contribution in [0, 0.1) is 6.92 Å². The monoisotopic (exact) mass is 183 g/mol. The first kappa shape index (κ1) is 9.07. The molecule has 0 aliphatic carbocycles. The van der Waals surface area contributed by atoms with Gasteiger partial charge in [-0.05, 0) is 31.2 Å². The maximum atomic E-state index is 10.7. The molecule has 1 aromatic rings. The Balaban J connectivity index is 2.64. The van der Waals surface area contributed by atoms with Crippen molar-refractivity contribution in [3.63, 3.8) is 0 Å². The molecule has 0 spiro atoms. The Morgan fingerprint density at radius 3 is 2.50 bits per heavy atom. The minimum absolute atomic E-state index is 0.128. The van der Waals surface area contributed by atoms with Crippen LogP contribution in [0.1, 0.15) is 6.42 Å². The normalized spacial score (nSPS) is 9.50. The molecule has 2 nitrogen and oxygen atoms in total. The van der Waals surface area contributed by atoms with E-state index in [0.29, 0.717) is 10.8 Å². The Morgan fingerprint density at radius 1 is 1.42 bits per heavy atom. The first-order valence-electron chi connectivity index (χ1n) is 3.48. The fourth-order valence-corrected chi connectivity index (χ4v) is 0.811. The summed E-state index contributed by atoms with van der Waals surface area (Å²) in [5.74, 6) is 0.144. The maximum Gasteiger partial charge on any atom is 0.311 e. The molecule has 0 aromatic heterocycles. The minimum atomic E-state index is -0.350. The Labute approximate surface area is 76.1 Å². The number of esters is 1. The van der Waals surface area contributed by atoms with E-state index in [9.17, 15) is 4.79 Å². The lowest BCUT2D eigenvalue weighted by Crippen LogP contribution is -2.05. The second kappa shape index (κ2) is 4.12. The zero-order chi connectivity index (χ0) is 8.97. The lowest BCUT2D eigenvalue weighted by molar-refractivity contribution is -0.133. The van der Waals surface area contributed by atoms with Gasteiger partial charge in [0, 0.05) is 11.4 Å². The van der Waals surface area contributed by atoms with Crippen molar-refractivity contribution in [2.24, 2.45) is 0 Å². The smallest absolute Gasteiger partial charge is 0.311 e. The van der Waals surface area contributed by atoms with Crippen LogP contribution >= 0.6 is 11.6 Å². The van der Waals surface area contributed by atoms with Gasteiger partial charge >= 0.3 is 5.97 Å². The van der Waals surface area contributed by atoms with Crippen molar-refractivity contribution in [2.75, 3.05) is 0 Å². The van der Waals surface area contributed by atoms with Gasteiger partial charge in [0.25, 0.3) is 0 Å². The molecular weight excluding hydrogens is 176 g/mol. The van der Waals surface area contributed by atoms with Crippen molar-refractivity contribution in [2.45, 2.75) is 6.42 Å². The zero-order valence-corrected chi connectivity index (χ0v) is 7.17. The number of benzene rings is 1. The molecule has 3 heteroatoms. The number of halogens is 1. The minimum Gasteiger partial charge on any atom is -0.427 e. The summed E-state index contributed by atoms with van der Waals surface area (Å²) >= 11 is 5.63. The topological polar surface area (TPSA) is 26.3 Å². The number of carbonyl (C=O) groups excluding carboxylic acids is 1. The van der Waals surface area contributed by atoms with E-state index in [-0.39, 0.29) is 12.4 Å². The van der Waals surface area contributed by atoms with Crippen LogP contribution in [0.4, 0.5) is 0 Å². The summed E-state index contributed by atoms with van der Waals surface area (Å²) in [5, 5.41) is 0.615. The second-order valence-corrected chi connectivity index (χ2v) is 2.61. The van der Waals surface area contributed by atoms with Crippen molar-refractivity contribution >= 4 is 17.6 Å². The van der Waals surface area contributed by atoms with Crippen LogP contribution in [-0.2, 0) is 4.79 Å². The molecule has 0 aliphatic rings. The van der Waals surface area contributed by atoms with E-state index in [1.807, 2.05) is 0 Å². The highest BCUT2D eigenvalue weighted by Gasteiger charge is 1.99. The maximum absolute atomic E-state index is 10.7. The first-order valence-corrected chi connectivity index (χ1v) is 3.85. The summed E-state index contributed by atoms with van der Waals surface area (Å²) in [5.41, 5.74) is 0. The van der Waals surface area contributed by atoms with Gasteiger partial charge in [0.05, 0.1) is 0 Å². The third-order valence-corrected chi connectivity index (χ3v) is 1.50. The van der Waals surface area contributed by atoms with E-state index < -0.39 is 0 Å². The predicted molar refractivity (Wildman–Crippen MR) is 47.1 cm³/mol. The Hall–Kier alpha value is -1.02. The van der Waals surface area contributed by atoms with Gasteiger partial charge < -0.3 is 4.74 Å². The van der Waals surface area contributed by atoms with Crippen molar-refractivity contribution in [3.8, 4) is 5.75 Å². The highest BCUT2D eigenvalue weighted by atomic mass is 35.5. The number of hydrogen-bond donors (Lipinski definition) is 0. The number of ether oxygens (including phenoxy) is 1. The summed E-state index contributed by atoms with van der Waals surface area (Å²) in [6.07, 6.45) is 0.128. The van der Waals surface area contributed by atoms with E-state index in [1.165, 1.54) is 0 Å². The third kappa shape index (κ3) is 2.55. The van der Waals surface area contributed by atoms with Crippen LogP contribution in [0.5, 0.6) is 5.75 Å². The molecule has 12 heavy (non-hydrogen) atoms. The lowest BCUT2D eigenvalue weighted by atomic mass is 10.3. The Morgan fingerprint density at radius 2 is 2.00 bits per heavy atom. The summed E-state index contributed by atoms with van der Waals surface area (Å²) in [4.78, 5) is 10.7. The fourth-order valence-electron chi connectivity index (χ4n) is 0.685. The molecule has 1 rings (SSSR count). The standard InChI is InChI=1S/C9H8ClO2/c1-2-9(11)12-8-5-3-7(10)4-6-8/h3-6H,1-2H2. The van der Waals surface area contributed by atoms with Gasteiger partial charge in [0.15, 0.2) is 0 Å².